The molecule has 0 amide bonds. The van der Waals surface area contributed by atoms with E-state index in [0.29, 0.717) is 6.54 Å². The fraction of sp³-hybridized carbons (Fsp3) is 0.333. The van der Waals surface area contributed by atoms with E-state index in [1.54, 1.807) is 4.68 Å². The van der Waals surface area contributed by atoms with Crippen molar-refractivity contribution in [2.45, 2.75) is 20.4 Å². The average molecular weight is 352 g/mol. The fourth-order valence-electron chi connectivity index (χ4n) is 2.19. The van der Waals surface area contributed by atoms with Gasteiger partial charge in [-0.1, -0.05) is 17.7 Å². The lowest BCUT2D eigenvalue weighted by Gasteiger charge is -2.23. The van der Waals surface area contributed by atoms with Crippen LogP contribution in [0.15, 0.2) is 28.7 Å². The van der Waals surface area contributed by atoms with Crippen LogP contribution < -0.4 is 4.90 Å². The van der Waals surface area contributed by atoms with Crippen LogP contribution in [0.1, 0.15) is 17.0 Å². The third-order valence-corrected chi connectivity index (χ3v) is 4.36. The van der Waals surface area contributed by atoms with Gasteiger partial charge in [0.2, 0.25) is 0 Å². The molecule has 0 aliphatic heterocycles. The summed E-state index contributed by atoms with van der Waals surface area (Å²) in [5.41, 5.74) is 3.88. The number of aryl methyl sites for hydroxylation is 3. The third kappa shape index (κ3) is 3.64. The van der Waals surface area contributed by atoms with Gasteiger partial charge in [0.25, 0.3) is 0 Å². The van der Waals surface area contributed by atoms with Crippen LogP contribution in [0.2, 0.25) is 0 Å². The SMILES string of the molecule is Cc1ccc(N(CC(=O)O)Cc2c(Br)c(C)nn2C)cc1. The van der Waals surface area contributed by atoms with Crippen molar-refractivity contribution in [3.05, 3.63) is 45.7 Å². The Balaban J connectivity index is 2.32. The second-order valence-electron chi connectivity index (χ2n) is 5.06. The molecular weight excluding hydrogens is 334 g/mol. The minimum Gasteiger partial charge on any atom is -0.480 e. The van der Waals surface area contributed by atoms with Gasteiger partial charge in [-0.15, -0.1) is 0 Å². The number of rotatable bonds is 5. The highest BCUT2D eigenvalue weighted by atomic mass is 79.9. The summed E-state index contributed by atoms with van der Waals surface area (Å²) in [6.45, 7) is 4.35. The van der Waals surface area contributed by atoms with Gasteiger partial charge in [0.1, 0.15) is 6.54 Å². The Morgan fingerprint density at radius 2 is 1.95 bits per heavy atom. The van der Waals surface area contributed by atoms with Crippen molar-refractivity contribution in [1.82, 2.24) is 9.78 Å². The van der Waals surface area contributed by atoms with E-state index in [0.717, 1.165) is 27.1 Å². The summed E-state index contributed by atoms with van der Waals surface area (Å²) >= 11 is 3.52. The molecule has 0 saturated heterocycles. The van der Waals surface area contributed by atoms with E-state index >= 15 is 0 Å². The van der Waals surface area contributed by atoms with Crippen LogP contribution in [0, 0.1) is 13.8 Å². The fourth-order valence-corrected chi connectivity index (χ4v) is 2.65. The first-order chi connectivity index (χ1) is 9.88. The van der Waals surface area contributed by atoms with Crippen molar-refractivity contribution in [1.29, 1.82) is 0 Å². The average Bonchev–Trinajstić information content (AvgIpc) is 2.65. The Morgan fingerprint density at radius 1 is 1.33 bits per heavy atom. The van der Waals surface area contributed by atoms with Crippen LogP contribution in [0.4, 0.5) is 5.69 Å². The molecule has 0 radical (unpaired) electrons. The topological polar surface area (TPSA) is 58.4 Å². The number of benzene rings is 1. The lowest BCUT2D eigenvalue weighted by atomic mass is 10.2. The molecule has 0 atom stereocenters. The molecule has 0 spiro atoms. The molecular formula is C15H18BrN3O2. The normalized spacial score (nSPS) is 10.7. The van der Waals surface area contributed by atoms with Crippen molar-refractivity contribution in [2.75, 3.05) is 11.4 Å². The number of carboxylic acids is 1. The van der Waals surface area contributed by atoms with Gasteiger partial charge >= 0.3 is 5.97 Å². The van der Waals surface area contributed by atoms with E-state index in [-0.39, 0.29) is 6.54 Å². The van der Waals surface area contributed by atoms with E-state index in [1.165, 1.54) is 0 Å². The Morgan fingerprint density at radius 3 is 2.43 bits per heavy atom. The van der Waals surface area contributed by atoms with Gasteiger partial charge in [0.05, 0.1) is 22.4 Å². The van der Waals surface area contributed by atoms with Crippen molar-refractivity contribution < 1.29 is 9.90 Å². The van der Waals surface area contributed by atoms with Gasteiger partial charge in [-0.05, 0) is 41.9 Å². The number of nitrogens with zero attached hydrogens (tertiary/aromatic N) is 3. The Hall–Kier alpha value is -1.82. The lowest BCUT2D eigenvalue weighted by molar-refractivity contribution is -0.135. The number of anilines is 1. The summed E-state index contributed by atoms with van der Waals surface area (Å²) in [7, 11) is 1.86. The molecule has 112 valence electrons. The highest BCUT2D eigenvalue weighted by Gasteiger charge is 2.17. The van der Waals surface area contributed by atoms with Crippen LogP contribution in [0.25, 0.3) is 0 Å². The summed E-state index contributed by atoms with van der Waals surface area (Å²) in [5.74, 6) is -0.856. The van der Waals surface area contributed by atoms with Crippen molar-refractivity contribution in [2.24, 2.45) is 7.05 Å². The predicted molar refractivity (Wildman–Crippen MR) is 85.5 cm³/mol. The second kappa shape index (κ2) is 6.30. The van der Waals surface area contributed by atoms with Gasteiger partial charge in [-0.25, -0.2) is 0 Å². The number of aliphatic carboxylic acids is 1. The lowest BCUT2D eigenvalue weighted by Crippen LogP contribution is -2.30. The summed E-state index contributed by atoms with van der Waals surface area (Å²) in [4.78, 5) is 13.0. The highest BCUT2D eigenvalue weighted by Crippen LogP contribution is 2.24. The number of hydrogen-bond donors (Lipinski definition) is 1. The molecule has 0 unspecified atom stereocenters. The molecule has 5 nitrogen and oxygen atoms in total. The second-order valence-corrected chi connectivity index (χ2v) is 5.85. The Bertz CT molecular complexity index is 650. The maximum absolute atomic E-state index is 11.1. The Labute approximate surface area is 132 Å². The standard InChI is InChI=1S/C15H18BrN3O2/c1-10-4-6-12(7-5-10)19(9-14(20)21)8-13-15(16)11(2)17-18(13)3/h4-7H,8-9H2,1-3H3,(H,20,21). The molecule has 0 aliphatic carbocycles. The molecule has 0 fully saturated rings. The quantitative estimate of drug-likeness (QED) is 0.899. The zero-order valence-corrected chi connectivity index (χ0v) is 13.9. The minimum absolute atomic E-state index is 0.0558. The van der Waals surface area contributed by atoms with Crippen LogP contribution in [-0.2, 0) is 18.4 Å². The van der Waals surface area contributed by atoms with Gasteiger partial charge in [-0.3, -0.25) is 9.48 Å². The number of carbonyl (C=O) groups is 1. The smallest absolute Gasteiger partial charge is 0.323 e. The van der Waals surface area contributed by atoms with Crippen LogP contribution in [0.5, 0.6) is 0 Å². The van der Waals surface area contributed by atoms with Crippen molar-refractivity contribution in [3.8, 4) is 0 Å². The third-order valence-electron chi connectivity index (χ3n) is 3.33. The zero-order chi connectivity index (χ0) is 15.6. The summed E-state index contributed by atoms with van der Waals surface area (Å²) in [6, 6.07) is 7.84. The predicted octanol–water partition coefficient (Wildman–Crippen LogP) is 2.89. The number of aromatic nitrogens is 2. The molecule has 1 heterocycles. The van der Waals surface area contributed by atoms with E-state index in [9.17, 15) is 4.79 Å². The molecule has 1 aromatic heterocycles. The van der Waals surface area contributed by atoms with Crippen LogP contribution in [0.3, 0.4) is 0 Å². The maximum Gasteiger partial charge on any atom is 0.323 e. The number of carboxylic acid groups (broad SMARTS) is 1. The summed E-state index contributed by atoms with van der Waals surface area (Å²) < 4.78 is 2.70. The van der Waals surface area contributed by atoms with Gasteiger partial charge < -0.3 is 10.0 Å². The minimum atomic E-state index is -0.856. The zero-order valence-electron chi connectivity index (χ0n) is 12.3. The molecule has 1 N–H and O–H groups in total. The summed E-state index contributed by atoms with van der Waals surface area (Å²) in [5, 5.41) is 13.5. The highest BCUT2D eigenvalue weighted by molar-refractivity contribution is 9.10. The molecule has 1 aromatic carbocycles. The molecule has 0 bridgehead atoms. The Kier molecular flexibility index (Phi) is 4.67. The van der Waals surface area contributed by atoms with Gasteiger partial charge in [-0.2, -0.15) is 5.10 Å². The van der Waals surface area contributed by atoms with E-state index in [2.05, 4.69) is 21.0 Å². The van der Waals surface area contributed by atoms with Crippen LogP contribution >= 0.6 is 15.9 Å². The molecule has 0 aliphatic rings. The number of halogens is 1. The van der Waals surface area contributed by atoms with E-state index < -0.39 is 5.97 Å². The molecule has 0 saturated carbocycles. The number of hydrogen-bond acceptors (Lipinski definition) is 3. The van der Waals surface area contributed by atoms with Crippen molar-refractivity contribution in [3.63, 3.8) is 0 Å². The van der Waals surface area contributed by atoms with Gasteiger partial charge in [0, 0.05) is 12.7 Å². The molecule has 6 heteroatoms. The summed E-state index contributed by atoms with van der Waals surface area (Å²) in [6.07, 6.45) is 0. The molecule has 21 heavy (non-hydrogen) atoms. The first-order valence-electron chi connectivity index (χ1n) is 6.60. The van der Waals surface area contributed by atoms with Crippen molar-refractivity contribution >= 4 is 27.6 Å². The van der Waals surface area contributed by atoms with Crippen LogP contribution in [-0.4, -0.2) is 27.4 Å². The first-order valence-corrected chi connectivity index (χ1v) is 7.39. The maximum atomic E-state index is 11.1. The molecule has 2 rings (SSSR count). The first kappa shape index (κ1) is 15.6. The van der Waals surface area contributed by atoms with E-state index in [1.807, 2.05) is 50.1 Å². The van der Waals surface area contributed by atoms with E-state index in [4.69, 9.17) is 5.11 Å². The monoisotopic (exact) mass is 351 g/mol. The molecule has 2 aromatic rings. The largest absolute Gasteiger partial charge is 0.480 e. The van der Waals surface area contributed by atoms with Gasteiger partial charge in [0.15, 0.2) is 0 Å².